The molecule has 0 fully saturated rings. The Balaban J connectivity index is 3.18. The van der Waals surface area contributed by atoms with Gasteiger partial charge in [-0.3, -0.25) is 9.63 Å². The molecule has 0 rings (SSSR count). The van der Waals surface area contributed by atoms with Gasteiger partial charge in [0.25, 0.3) is 0 Å². The van der Waals surface area contributed by atoms with Crippen LogP contribution in [0.4, 0.5) is 8.78 Å². The van der Waals surface area contributed by atoms with Crippen molar-refractivity contribution in [2.45, 2.75) is 6.43 Å². The molecule has 0 spiro atoms. The summed E-state index contributed by atoms with van der Waals surface area (Å²) in [5.41, 5.74) is 1.55. The van der Waals surface area contributed by atoms with Crippen molar-refractivity contribution in [1.29, 1.82) is 0 Å². The summed E-state index contributed by atoms with van der Waals surface area (Å²) in [4.78, 5) is 14.4. The number of hydroxylamine groups is 1. The molecule has 1 amide bonds. The second-order valence-electron chi connectivity index (χ2n) is 1.61. The standard InChI is InChI=1S/C5H9F2NO3/c1-10-2-3-11-8-5(9)4(6)7/h4H,2-3H2,1H3,(H,8,9). The lowest BCUT2D eigenvalue weighted by Crippen LogP contribution is -2.30. The molecule has 0 aromatic carbocycles. The van der Waals surface area contributed by atoms with Gasteiger partial charge in [-0.15, -0.1) is 0 Å². The highest BCUT2D eigenvalue weighted by Crippen LogP contribution is 1.89. The Hall–Kier alpha value is -0.750. The zero-order chi connectivity index (χ0) is 8.69. The highest BCUT2D eigenvalue weighted by molar-refractivity contribution is 5.77. The molecule has 0 aliphatic carbocycles. The monoisotopic (exact) mass is 169 g/mol. The summed E-state index contributed by atoms with van der Waals surface area (Å²) in [6.07, 6.45) is -3.04. The number of hydrogen-bond donors (Lipinski definition) is 1. The van der Waals surface area contributed by atoms with Gasteiger partial charge in [-0.25, -0.2) is 5.48 Å². The zero-order valence-electron chi connectivity index (χ0n) is 5.97. The van der Waals surface area contributed by atoms with Gasteiger partial charge in [0.15, 0.2) is 0 Å². The van der Waals surface area contributed by atoms with Crippen molar-refractivity contribution in [3.63, 3.8) is 0 Å². The number of rotatable bonds is 5. The molecule has 0 aromatic rings. The quantitative estimate of drug-likeness (QED) is 0.463. The molecule has 0 aliphatic heterocycles. The second kappa shape index (κ2) is 5.99. The molecule has 0 unspecified atom stereocenters. The number of methoxy groups -OCH3 is 1. The van der Waals surface area contributed by atoms with Crippen molar-refractivity contribution in [1.82, 2.24) is 5.48 Å². The van der Waals surface area contributed by atoms with Gasteiger partial charge in [0.2, 0.25) is 0 Å². The molecule has 4 nitrogen and oxygen atoms in total. The molecule has 11 heavy (non-hydrogen) atoms. The van der Waals surface area contributed by atoms with Crippen molar-refractivity contribution in [2.24, 2.45) is 0 Å². The van der Waals surface area contributed by atoms with Gasteiger partial charge < -0.3 is 4.74 Å². The van der Waals surface area contributed by atoms with E-state index in [0.717, 1.165) is 0 Å². The van der Waals surface area contributed by atoms with Crippen molar-refractivity contribution in [3.05, 3.63) is 0 Å². The zero-order valence-corrected chi connectivity index (χ0v) is 5.97. The van der Waals surface area contributed by atoms with E-state index in [9.17, 15) is 13.6 Å². The maximum atomic E-state index is 11.4. The Labute approximate surface area is 62.4 Å². The maximum Gasteiger partial charge on any atom is 0.317 e. The first kappa shape index (κ1) is 10.2. The summed E-state index contributed by atoms with van der Waals surface area (Å²) in [7, 11) is 1.43. The third-order valence-corrected chi connectivity index (χ3v) is 0.760. The van der Waals surface area contributed by atoms with E-state index in [1.807, 2.05) is 0 Å². The summed E-state index contributed by atoms with van der Waals surface area (Å²) in [5, 5.41) is 0. The number of amides is 1. The average molecular weight is 169 g/mol. The number of halogens is 2. The lowest BCUT2D eigenvalue weighted by Gasteiger charge is -2.03. The van der Waals surface area contributed by atoms with Crippen LogP contribution in [-0.2, 0) is 14.4 Å². The minimum atomic E-state index is -3.04. The molecule has 1 N–H and O–H groups in total. The van der Waals surface area contributed by atoms with Gasteiger partial charge in [0.1, 0.15) is 0 Å². The van der Waals surface area contributed by atoms with Crippen molar-refractivity contribution in [2.75, 3.05) is 20.3 Å². The SMILES string of the molecule is COCCONC(=O)C(F)F. The first-order valence-corrected chi connectivity index (χ1v) is 2.87. The van der Waals surface area contributed by atoms with Crippen LogP contribution in [0, 0.1) is 0 Å². The molecule has 0 bridgehead atoms. The number of ether oxygens (including phenoxy) is 1. The Morgan fingerprint density at radius 2 is 2.18 bits per heavy atom. The highest BCUT2D eigenvalue weighted by Gasteiger charge is 2.13. The van der Waals surface area contributed by atoms with Crippen molar-refractivity contribution >= 4 is 5.91 Å². The van der Waals surface area contributed by atoms with E-state index in [4.69, 9.17) is 0 Å². The van der Waals surface area contributed by atoms with E-state index in [1.165, 1.54) is 7.11 Å². The summed E-state index contributed by atoms with van der Waals surface area (Å²) in [6, 6.07) is 0. The van der Waals surface area contributed by atoms with Crippen LogP contribution < -0.4 is 5.48 Å². The summed E-state index contributed by atoms with van der Waals surface area (Å²) in [6.45, 7) is 0.290. The Morgan fingerprint density at radius 3 is 2.64 bits per heavy atom. The Morgan fingerprint density at radius 1 is 1.55 bits per heavy atom. The topological polar surface area (TPSA) is 47.6 Å². The van der Waals surface area contributed by atoms with Crippen LogP contribution in [0.1, 0.15) is 0 Å². The maximum absolute atomic E-state index is 11.4. The summed E-state index contributed by atoms with van der Waals surface area (Å²) < 4.78 is 27.3. The van der Waals surface area contributed by atoms with E-state index < -0.39 is 12.3 Å². The first-order chi connectivity index (χ1) is 5.18. The fraction of sp³-hybridized carbons (Fsp3) is 0.800. The second-order valence-corrected chi connectivity index (χ2v) is 1.61. The fourth-order valence-electron chi connectivity index (χ4n) is 0.292. The van der Waals surface area contributed by atoms with Crippen molar-refractivity contribution in [3.8, 4) is 0 Å². The van der Waals surface area contributed by atoms with E-state index in [-0.39, 0.29) is 13.2 Å². The Kier molecular flexibility index (Phi) is 5.58. The predicted octanol–water partition coefficient (Wildman–Crippen LogP) is -0.0543. The predicted molar refractivity (Wildman–Crippen MR) is 32.0 cm³/mol. The van der Waals surface area contributed by atoms with E-state index in [1.54, 1.807) is 5.48 Å². The van der Waals surface area contributed by atoms with Crippen LogP contribution in [0.25, 0.3) is 0 Å². The third kappa shape index (κ3) is 5.68. The number of alkyl halides is 2. The molecule has 0 aliphatic rings. The van der Waals surface area contributed by atoms with Gasteiger partial charge >= 0.3 is 12.3 Å². The molecule has 0 aromatic heterocycles. The smallest absolute Gasteiger partial charge is 0.317 e. The molecule has 0 radical (unpaired) electrons. The first-order valence-electron chi connectivity index (χ1n) is 2.87. The van der Waals surface area contributed by atoms with Gasteiger partial charge in [-0.2, -0.15) is 8.78 Å². The molecule has 0 atom stereocenters. The number of carbonyl (C=O) groups excluding carboxylic acids is 1. The Bertz CT molecular complexity index is 120. The van der Waals surface area contributed by atoms with Crippen LogP contribution >= 0.6 is 0 Å². The summed E-state index contributed by atoms with van der Waals surface area (Å²) in [5.74, 6) is -1.44. The summed E-state index contributed by atoms with van der Waals surface area (Å²) >= 11 is 0. The van der Waals surface area contributed by atoms with E-state index in [2.05, 4.69) is 9.57 Å². The van der Waals surface area contributed by atoms with Crippen molar-refractivity contribution < 1.29 is 23.1 Å². The van der Waals surface area contributed by atoms with Gasteiger partial charge in [0, 0.05) is 7.11 Å². The van der Waals surface area contributed by atoms with Crippen LogP contribution in [0.5, 0.6) is 0 Å². The lowest BCUT2D eigenvalue weighted by atomic mass is 10.7. The van der Waals surface area contributed by atoms with Gasteiger partial charge in [0.05, 0.1) is 13.2 Å². The largest absolute Gasteiger partial charge is 0.382 e. The van der Waals surface area contributed by atoms with Crippen LogP contribution in [-0.4, -0.2) is 32.7 Å². The van der Waals surface area contributed by atoms with Gasteiger partial charge in [-0.05, 0) is 0 Å². The number of carbonyl (C=O) groups is 1. The minimum Gasteiger partial charge on any atom is -0.382 e. The molecular weight excluding hydrogens is 160 g/mol. The molecule has 66 valence electrons. The van der Waals surface area contributed by atoms with E-state index in [0.29, 0.717) is 0 Å². The van der Waals surface area contributed by atoms with Gasteiger partial charge in [-0.1, -0.05) is 0 Å². The fourth-order valence-corrected chi connectivity index (χ4v) is 0.292. The molecule has 0 heterocycles. The average Bonchev–Trinajstić information content (AvgIpc) is 1.97. The molecular formula is C5H9F2NO3. The third-order valence-electron chi connectivity index (χ3n) is 0.760. The molecule has 0 saturated heterocycles. The lowest BCUT2D eigenvalue weighted by molar-refractivity contribution is -0.145. The highest BCUT2D eigenvalue weighted by atomic mass is 19.3. The van der Waals surface area contributed by atoms with Crippen LogP contribution in [0.15, 0.2) is 0 Å². The molecule has 0 saturated carbocycles. The minimum absolute atomic E-state index is 0.0506. The normalized spacial score (nSPS) is 10.2. The number of hydrogen-bond acceptors (Lipinski definition) is 3. The number of nitrogens with one attached hydrogen (secondary N) is 1. The van der Waals surface area contributed by atoms with Crippen LogP contribution in [0.3, 0.4) is 0 Å². The molecule has 6 heteroatoms. The van der Waals surface area contributed by atoms with Crippen LogP contribution in [0.2, 0.25) is 0 Å². The van der Waals surface area contributed by atoms with E-state index >= 15 is 0 Å².